The predicted octanol–water partition coefficient (Wildman–Crippen LogP) is 6.06. The third-order valence-electron chi connectivity index (χ3n) is 5.83. The van der Waals surface area contributed by atoms with Gasteiger partial charge in [0.05, 0.1) is 13.2 Å². The lowest BCUT2D eigenvalue weighted by molar-refractivity contribution is -0.143. The zero-order chi connectivity index (χ0) is 22.8. The number of hydrogen-bond donors (Lipinski definition) is 1. The normalized spacial score (nSPS) is 11.2. The van der Waals surface area contributed by atoms with Crippen LogP contribution in [0.3, 0.4) is 0 Å². The van der Waals surface area contributed by atoms with Gasteiger partial charge in [0.1, 0.15) is 6.29 Å². The van der Waals surface area contributed by atoms with Crippen LogP contribution in [0, 0.1) is 0 Å². The first-order chi connectivity index (χ1) is 15.2. The van der Waals surface area contributed by atoms with Crippen LogP contribution in [0.15, 0.2) is 0 Å². The molecule has 31 heavy (non-hydrogen) atoms. The lowest BCUT2D eigenvalue weighted by Crippen LogP contribution is -2.29. The highest BCUT2D eigenvalue weighted by atomic mass is 16.5. The molecule has 5 nitrogen and oxygen atoms in total. The quantitative estimate of drug-likeness (QED) is 0.106. The van der Waals surface area contributed by atoms with E-state index in [0.29, 0.717) is 19.4 Å². The molecule has 0 amide bonds. The van der Waals surface area contributed by atoms with Crippen LogP contribution in [0.4, 0.5) is 0 Å². The van der Waals surface area contributed by atoms with Crippen LogP contribution >= 0.6 is 0 Å². The number of aliphatic hydroxyl groups excluding tert-OH is 1. The molecule has 0 aromatic carbocycles. The van der Waals surface area contributed by atoms with Crippen molar-refractivity contribution in [2.75, 3.05) is 32.8 Å². The van der Waals surface area contributed by atoms with Gasteiger partial charge in [-0.25, -0.2) is 0 Å². The summed E-state index contributed by atoms with van der Waals surface area (Å²) in [5, 5.41) is 9.27. The van der Waals surface area contributed by atoms with E-state index < -0.39 is 0 Å². The van der Waals surface area contributed by atoms with Crippen molar-refractivity contribution in [3.8, 4) is 0 Å². The van der Waals surface area contributed by atoms with Gasteiger partial charge in [0, 0.05) is 19.4 Å². The van der Waals surface area contributed by atoms with Gasteiger partial charge >= 0.3 is 5.97 Å². The molecule has 0 rings (SSSR count). The van der Waals surface area contributed by atoms with Gasteiger partial charge in [-0.2, -0.15) is 0 Å². The first kappa shape index (κ1) is 30.1. The molecular weight excluding hydrogens is 390 g/mol. The number of nitrogens with zero attached hydrogens (tertiary/aromatic N) is 1. The number of hydrogen-bond acceptors (Lipinski definition) is 5. The molecule has 0 fully saturated rings. The Morgan fingerprint density at radius 3 is 1.90 bits per heavy atom. The Morgan fingerprint density at radius 1 is 0.742 bits per heavy atom. The summed E-state index contributed by atoms with van der Waals surface area (Å²) in [6, 6.07) is 0. The summed E-state index contributed by atoms with van der Waals surface area (Å²) in [7, 11) is 0. The second kappa shape index (κ2) is 25.3. The summed E-state index contributed by atoms with van der Waals surface area (Å²) in [5.74, 6) is -0.0335. The maximum absolute atomic E-state index is 11.8. The number of unbranched alkanes of at least 4 members (excludes halogenated alkanes) is 14. The number of esters is 1. The van der Waals surface area contributed by atoms with E-state index in [9.17, 15) is 14.7 Å². The summed E-state index contributed by atoms with van der Waals surface area (Å²) in [6.45, 7) is 5.89. The molecule has 0 aliphatic heterocycles. The van der Waals surface area contributed by atoms with Crippen molar-refractivity contribution in [1.29, 1.82) is 0 Å². The fraction of sp³-hybridized carbons (Fsp3) is 0.923. The van der Waals surface area contributed by atoms with Gasteiger partial charge in [-0.15, -0.1) is 0 Å². The monoisotopic (exact) mass is 441 g/mol. The van der Waals surface area contributed by atoms with Gasteiger partial charge in [0.2, 0.25) is 0 Å². The van der Waals surface area contributed by atoms with Gasteiger partial charge in [0.15, 0.2) is 0 Å². The first-order valence-corrected chi connectivity index (χ1v) is 13.2. The van der Waals surface area contributed by atoms with E-state index in [0.717, 1.165) is 70.9 Å². The van der Waals surface area contributed by atoms with Crippen LogP contribution in [0.5, 0.6) is 0 Å². The number of rotatable bonds is 25. The summed E-state index contributed by atoms with van der Waals surface area (Å²) in [4.78, 5) is 24.4. The van der Waals surface area contributed by atoms with Gasteiger partial charge in [-0.1, -0.05) is 77.6 Å². The molecule has 0 unspecified atom stereocenters. The van der Waals surface area contributed by atoms with Crippen molar-refractivity contribution in [3.63, 3.8) is 0 Å². The number of aldehydes is 1. The highest BCUT2D eigenvalue weighted by Crippen LogP contribution is 2.10. The van der Waals surface area contributed by atoms with Gasteiger partial charge in [-0.3, -0.25) is 4.79 Å². The Hall–Kier alpha value is -0.940. The van der Waals surface area contributed by atoms with Gasteiger partial charge in [0.25, 0.3) is 0 Å². The average molecular weight is 442 g/mol. The van der Waals surface area contributed by atoms with E-state index in [1.54, 1.807) is 0 Å². The maximum atomic E-state index is 11.8. The molecule has 1 N–H and O–H groups in total. The molecule has 0 saturated heterocycles. The molecule has 0 aromatic heterocycles. The molecule has 0 aromatic rings. The number of aliphatic hydroxyl groups is 1. The third kappa shape index (κ3) is 23.5. The van der Waals surface area contributed by atoms with Crippen molar-refractivity contribution in [1.82, 2.24) is 4.90 Å². The molecule has 0 saturated carbocycles. The van der Waals surface area contributed by atoms with Gasteiger partial charge < -0.3 is 19.5 Å². The summed E-state index contributed by atoms with van der Waals surface area (Å²) < 4.78 is 5.32. The van der Waals surface area contributed by atoms with E-state index in [-0.39, 0.29) is 12.6 Å². The van der Waals surface area contributed by atoms with Crippen molar-refractivity contribution >= 4 is 12.3 Å². The van der Waals surface area contributed by atoms with Crippen LogP contribution in [0.2, 0.25) is 0 Å². The molecule has 0 spiro atoms. The van der Waals surface area contributed by atoms with E-state index in [2.05, 4.69) is 11.8 Å². The van der Waals surface area contributed by atoms with Crippen LogP contribution in [0.25, 0.3) is 0 Å². The molecule has 0 aliphatic rings. The van der Waals surface area contributed by atoms with Crippen molar-refractivity contribution in [2.24, 2.45) is 0 Å². The summed E-state index contributed by atoms with van der Waals surface area (Å²) in [6.07, 6.45) is 20.8. The molecule has 184 valence electrons. The second-order valence-corrected chi connectivity index (χ2v) is 8.79. The van der Waals surface area contributed by atoms with E-state index in [4.69, 9.17) is 4.74 Å². The van der Waals surface area contributed by atoms with E-state index in [1.807, 2.05) is 0 Å². The minimum absolute atomic E-state index is 0.0335. The Balaban J connectivity index is 3.49. The van der Waals surface area contributed by atoms with Crippen LogP contribution in [-0.2, 0) is 14.3 Å². The van der Waals surface area contributed by atoms with Crippen molar-refractivity contribution < 1.29 is 19.4 Å². The van der Waals surface area contributed by atoms with E-state index in [1.165, 1.54) is 57.8 Å². The van der Waals surface area contributed by atoms with Crippen LogP contribution in [-0.4, -0.2) is 55.1 Å². The summed E-state index contributed by atoms with van der Waals surface area (Å²) in [5.41, 5.74) is 0. The minimum atomic E-state index is -0.0335. The average Bonchev–Trinajstić information content (AvgIpc) is 2.77. The molecule has 0 bridgehead atoms. The highest BCUT2D eigenvalue weighted by molar-refractivity contribution is 5.69. The molecule has 5 heteroatoms. The zero-order valence-corrected chi connectivity index (χ0v) is 20.5. The Kier molecular flexibility index (Phi) is 24.6. The maximum Gasteiger partial charge on any atom is 0.305 e. The van der Waals surface area contributed by atoms with Crippen LogP contribution in [0.1, 0.15) is 122 Å². The fourth-order valence-corrected chi connectivity index (χ4v) is 3.85. The second-order valence-electron chi connectivity index (χ2n) is 8.79. The van der Waals surface area contributed by atoms with Crippen molar-refractivity contribution in [2.45, 2.75) is 122 Å². The SMILES string of the molecule is CCCCCCCCOC(=O)CCCCCCCN(CCO)CCCCCCCC=O. The summed E-state index contributed by atoms with van der Waals surface area (Å²) >= 11 is 0. The predicted molar refractivity (Wildman–Crippen MR) is 129 cm³/mol. The van der Waals surface area contributed by atoms with Gasteiger partial charge in [-0.05, 0) is 45.2 Å². The fourth-order valence-electron chi connectivity index (χ4n) is 3.85. The molecule has 0 heterocycles. The molecule has 0 radical (unpaired) electrons. The first-order valence-electron chi connectivity index (χ1n) is 13.2. The van der Waals surface area contributed by atoms with Crippen molar-refractivity contribution in [3.05, 3.63) is 0 Å². The standard InChI is InChI=1S/C26H51NO4/c1-2-3-4-5-13-18-25-31-26(30)19-14-9-8-11-16-21-27(22-24-29)20-15-10-6-7-12-17-23-28/h23,29H,2-22,24-25H2,1H3. The van der Waals surface area contributed by atoms with E-state index >= 15 is 0 Å². The lowest BCUT2D eigenvalue weighted by atomic mass is 10.1. The Labute approximate surface area is 192 Å². The number of carbonyl (C=O) groups excluding carboxylic acids is 2. The molecule has 0 aliphatic carbocycles. The minimum Gasteiger partial charge on any atom is -0.466 e. The largest absolute Gasteiger partial charge is 0.466 e. The lowest BCUT2D eigenvalue weighted by Gasteiger charge is -2.21. The van der Waals surface area contributed by atoms with Crippen LogP contribution < -0.4 is 0 Å². The third-order valence-corrected chi connectivity index (χ3v) is 5.83. The Bertz CT molecular complexity index is 390. The number of ether oxygens (including phenoxy) is 1. The zero-order valence-electron chi connectivity index (χ0n) is 20.5. The Morgan fingerprint density at radius 2 is 1.29 bits per heavy atom. The topological polar surface area (TPSA) is 66.8 Å². The smallest absolute Gasteiger partial charge is 0.305 e. The molecular formula is C26H51NO4. The highest BCUT2D eigenvalue weighted by Gasteiger charge is 2.05. The number of carbonyl (C=O) groups is 2. The molecule has 0 atom stereocenters.